The third kappa shape index (κ3) is 2.39. The van der Waals surface area contributed by atoms with Crippen LogP contribution in [0.3, 0.4) is 0 Å². The van der Waals surface area contributed by atoms with Gasteiger partial charge in [0.1, 0.15) is 0 Å². The Morgan fingerprint density at radius 3 is 2.88 bits per heavy atom. The molecular formula is C14H18BrNO. The molecule has 2 unspecified atom stereocenters. The smallest absolute Gasteiger partial charge is 0.152 e. The lowest BCUT2D eigenvalue weighted by Crippen LogP contribution is -2.34. The van der Waals surface area contributed by atoms with E-state index in [0.717, 1.165) is 28.4 Å². The van der Waals surface area contributed by atoms with Crippen LogP contribution in [0, 0.1) is 0 Å². The van der Waals surface area contributed by atoms with Crippen LogP contribution in [0.4, 0.5) is 5.69 Å². The zero-order chi connectivity index (χ0) is 12.4. The Morgan fingerprint density at radius 1 is 1.47 bits per heavy atom. The van der Waals surface area contributed by atoms with E-state index in [4.69, 9.17) is 0 Å². The van der Waals surface area contributed by atoms with Crippen molar-refractivity contribution in [2.75, 3.05) is 4.90 Å². The second kappa shape index (κ2) is 5.21. The average molecular weight is 296 g/mol. The predicted molar refractivity (Wildman–Crippen MR) is 74.8 cm³/mol. The van der Waals surface area contributed by atoms with Crippen LogP contribution in [0.15, 0.2) is 22.7 Å². The van der Waals surface area contributed by atoms with Crippen molar-refractivity contribution in [1.82, 2.24) is 0 Å². The molecule has 0 saturated carbocycles. The summed E-state index contributed by atoms with van der Waals surface area (Å²) in [5, 5.41) is 0. The van der Waals surface area contributed by atoms with Crippen LogP contribution in [-0.2, 0) is 0 Å². The van der Waals surface area contributed by atoms with E-state index in [1.165, 1.54) is 12.8 Å². The largest absolute Gasteiger partial charge is 0.365 e. The summed E-state index contributed by atoms with van der Waals surface area (Å²) in [5.74, 6) is 0. The first-order valence-corrected chi connectivity index (χ1v) is 6.99. The number of aldehydes is 1. The number of anilines is 1. The molecule has 0 amide bonds. The highest BCUT2D eigenvalue weighted by molar-refractivity contribution is 9.10. The maximum Gasteiger partial charge on any atom is 0.152 e. The molecule has 2 nitrogen and oxygen atoms in total. The van der Waals surface area contributed by atoms with Crippen LogP contribution in [0.2, 0.25) is 0 Å². The minimum Gasteiger partial charge on any atom is -0.365 e. The molecule has 2 rings (SSSR count). The second-order valence-electron chi connectivity index (χ2n) is 4.72. The van der Waals surface area contributed by atoms with Crippen LogP contribution < -0.4 is 4.90 Å². The van der Waals surface area contributed by atoms with E-state index >= 15 is 0 Å². The molecule has 0 N–H and O–H groups in total. The molecule has 1 heterocycles. The lowest BCUT2D eigenvalue weighted by molar-refractivity contribution is 0.112. The molecule has 0 radical (unpaired) electrons. The van der Waals surface area contributed by atoms with E-state index in [2.05, 4.69) is 40.7 Å². The van der Waals surface area contributed by atoms with Crippen molar-refractivity contribution < 1.29 is 4.79 Å². The number of rotatable bonds is 3. The van der Waals surface area contributed by atoms with Gasteiger partial charge in [0.25, 0.3) is 0 Å². The molecule has 1 aliphatic rings. The molecule has 1 aromatic rings. The van der Waals surface area contributed by atoms with Crippen LogP contribution >= 0.6 is 15.9 Å². The van der Waals surface area contributed by atoms with Gasteiger partial charge in [-0.05, 0) is 44.4 Å². The summed E-state index contributed by atoms with van der Waals surface area (Å²) in [6, 6.07) is 7.07. The highest BCUT2D eigenvalue weighted by atomic mass is 79.9. The van der Waals surface area contributed by atoms with E-state index in [-0.39, 0.29) is 0 Å². The predicted octanol–water partition coefficient (Wildman–Crippen LogP) is 4.03. The Labute approximate surface area is 111 Å². The van der Waals surface area contributed by atoms with Gasteiger partial charge in [-0.15, -0.1) is 0 Å². The van der Waals surface area contributed by atoms with Gasteiger partial charge < -0.3 is 4.90 Å². The third-order valence-electron chi connectivity index (χ3n) is 3.65. The van der Waals surface area contributed by atoms with Crippen molar-refractivity contribution >= 4 is 27.9 Å². The number of halogens is 1. The molecule has 1 aromatic carbocycles. The number of hydrogen-bond acceptors (Lipinski definition) is 2. The summed E-state index contributed by atoms with van der Waals surface area (Å²) >= 11 is 3.42. The van der Waals surface area contributed by atoms with Gasteiger partial charge in [0.2, 0.25) is 0 Å². The number of carbonyl (C=O) groups excluding carboxylic acids is 1. The van der Waals surface area contributed by atoms with Gasteiger partial charge in [-0.25, -0.2) is 0 Å². The zero-order valence-electron chi connectivity index (χ0n) is 10.3. The molecule has 0 bridgehead atoms. The van der Waals surface area contributed by atoms with Gasteiger partial charge in [-0.2, -0.15) is 0 Å². The fourth-order valence-electron chi connectivity index (χ4n) is 2.76. The molecule has 0 aromatic heterocycles. The topological polar surface area (TPSA) is 20.3 Å². The normalized spacial score (nSPS) is 24.1. The Balaban J connectivity index is 2.41. The van der Waals surface area contributed by atoms with E-state index in [9.17, 15) is 4.79 Å². The van der Waals surface area contributed by atoms with Crippen molar-refractivity contribution in [2.24, 2.45) is 0 Å². The maximum absolute atomic E-state index is 11.2. The Kier molecular flexibility index (Phi) is 3.87. The summed E-state index contributed by atoms with van der Waals surface area (Å²) in [6.07, 6.45) is 4.54. The number of hydrogen-bond donors (Lipinski definition) is 0. The van der Waals surface area contributed by atoms with E-state index < -0.39 is 0 Å². The monoisotopic (exact) mass is 295 g/mol. The van der Waals surface area contributed by atoms with Crippen molar-refractivity contribution in [3.05, 3.63) is 28.2 Å². The van der Waals surface area contributed by atoms with Crippen LogP contribution in [0.25, 0.3) is 0 Å². The summed E-state index contributed by atoms with van der Waals surface area (Å²) in [4.78, 5) is 13.6. The molecule has 0 spiro atoms. The average Bonchev–Trinajstić information content (AvgIpc) is 2.70. The van der Waals surface area contributed by atoms with Gasteiger partial charge in [0.05, 0.1) is 0 Å². The highest BCUT2D eigenvalue weighted by Crippen LogP contribution is 2.34. The van der Waals surface area contributed by atoms with Gasteiger partial charge in [0, 0.05) is 27.8 Å². The van der Waals surface area contributed by atoms with Gasteiger partial charge in [-0.1, -0.05) is 22.9 Å². The standard InChI is InChI=1S/C14H18BrNO/c1-3-13-6-4-10(2)16(13)14-7-5-12(15)8-11(14)9-17/h5,7-10,13H,3-4,6H2,1-2H3. The molecule has 17 heavy (non-hydrogen) atoms. The summed E-state index contributed by atoms with van der Waals surface area (Å²) in [6.45, 7) is 4.46. The fourth-order valence-corrected chi connectivity index (χ4v) is 3.14. The van der Waals surface area contributed by atoms with Crippen molar-refractivity contribution in [3.8, 4) is 0 Å². The molecule has 2 atom stereocenters. The van der Waals surface area contributed by atoms with Crippen molar-refractivity contribution in [3.63, 3.8) is 0 Å². The minimum atomic E-state index is 0.528. The number of benzene rings is 1. The zero-order valence-corrected chi connectivity index (χ0v) is 11.9. The Morgan fingerprint density at radius 2 is 2.24 bits per heavy atom. The van der Waals surface area contributed by atoms with Crippen LogP contribution in [0.5, 0.6) is 0 Å². The molecule has 92 valence electrons. The summed E-state index contributed by atoms with van der Waals surface area (Å²) in [5.41, 5.74) is 1.87. The lowest BCUT2D eigenvalue weighted by atomic mass is 10.1. The lowest BCUT2D eigenvalue weighted by Gasteiger charge is -2.31. The second-order valence-corrected chi connectivity index (χ2v) is 5.63. The quantitative estimate of drug-likeness (QED) is 0.785. The highest BCUT2D eigenvalue weighted by Gasteiger charge is 2.30. The molecule has 1 saturated heterocycles. The van der Waals surface area contributed by atoms with Crippen molar-refractivity contribution in [1.29, 1.82) is 0 Å². The SMILES string of the molecule is CCC1CCC(C)N1c1ccc(Br)cc1C=O. The molecule has 3 heteroatoms. The summed E-state index contributed by atoms with van der Waals surface area (Å²) in [7, 11) is 0. The summed E-state index contributed by atoms with van der Waals surface area (Å²) < 4.78 is 0.961. The molecule has 0 aliphatic carbocycles. The van der Waals surface area contributed by atoms with Gasteiger partial charge >= 0.3 is 0 Å². The van der Waals surface area contributed by atoms with E-state index in [0.29, 0.717) is 12.1 Å². The first-order chi connectivity index (χ1) is 8.17. The fraction of sp³-hybridized carbons (Fsp3) is 0.500. The third-order valence-corrected chi connectivity index (χ3v) is 4.15. The molecular weight excluding hydrogens is 278 g/mol. The Bertz CT molecular complexity index is 419. The molecule has 1 aliphatic heterocycles. The first-order valence-electron chi connectivity index (χ1n) is 6.20. The van der Waals surface area contributed by atoms with E-state index in [1.807, 2.05) is 12.1 Å². The first kappa shape index (κ1) is 12.6. The maximum atomic E-state index is 11.2. The van der Waals surface area contributed by atoms with Crippen LogP contribution in [0.1, 0.15) is 43.5 Å². The van der Waals surface area contributed by atoms with Crippen molar-refractivity contribution in [2.45, 2.75) is 45.2 Å². The number of nitrogens with zero attached hydrogens (tertiary/aromatic N) is 1. The minimum absolute atomic E-state index is 0.528. The Hall–Kier alpha value is -0.830. The number of carbonyl (C=O) groups is 1. The van der Waals surface area contributed by atoms with E-state index in [1.54, 1.807) is 0 Å². The van der Waals surface area contributed by atoms with Gasteiger partial charge in [0.15, 0.2) is 6.29 Å². The molecule has 1 fully saturated rings. The van der Waals surface area contributed by atoms with Gasteiger partial charge in [-0.3, -0.25) is 4.79 Å². The van der Waals surface area contributed by atoms with Crippen LogP contribution in [-0.4, -0.2) is 18.4 Å².